The van der Waals surface area contributed by atoms with Crippen LogP contribution in [0.3, 0.4) is 0 Å². The number of alkyl halides is 3. The summed E-state index contributed by atoms with van der Waals surface area (Å²) in [6, 6.07) is 12.4. The number of guanidine groups is 2. The number of nitrogens with two attached hydrogens (primary N) is 1. The van der Waals surface area contributed by atoms with Crippen molar-refractivity contribution < 1.29 is 22.8 Å². The van der Waals surface area contributed by atoms with Crippen LogP contribution in [0.2, 0.25) is 0 Å². The molecule has 0 spiro atoms. The summed E-state index contributed by atoms with van der Waals surface area (Å²) in [4.78, 5) is 34.5. The van der Waals surface area contributed by atoms with E-state index >= 15 is 0 Å². The molecule has 0 atom stereocenters. The average molecular weight is 461 g/mol. The molecular weight excluding hydrogens is 439 g/mol. The quantitative estimate of drug-likeness (QED) is 0.388. The molecule has 5 N–H and O–H groups in total. The number of anilines is 1. The summed E-state index contributed by atoms with van der Waals surface area (Å²) in [5, 5.41) is 7.39. The van der Waals surface area contributed by atoms with E-state index < -0.39 is 18.6 Å². The van der Waals surface area contributed by atoms with Gasteiger partial charge in [0.2, 0.25) is 17.8 Å². The van der Waals surface area contributed by atoms with Crippen LogP contribution >= 0.6 is 0 Å². The van der Waals surface area contributed by atoms with Crippen molar-refractivity contribution in [1.29, 1.82) is 0 Å². The lowest BCUT2D eigenvalue weighted by molar-refractivity contribution is -0.122. The highest BCUT2D eigenvalue weighted by Gasteiger charge is 2.27. The largest absolute Gasteiger partial charge is 0.405 e. The summed E-state index contributed by atoms with van der Waals surface area (Å²) < 4.78 is 38.1. The van der Waals surface area contributed by atoms with Gasteiger partial charge in [-0.25, -0.2) is 9.98 Å². The van der Waals surface area contributed by atoms with Gasteiger partial charge in [-0.1, -0.05) is 12.1 Å². The molecule has 0 heterocycles. The van der Waals surface area contributed by atoms with Gasteiger partial charge in [0.1, 0.15) is 6.54 Å². The smallest absolute Gasteiger partial charge is 0.366 e. The fraction of sp³-hybridized carbons (Fsp3) is 0.190. The maximum absolute atomic E-state index is 12.7. The van der Waals surface area contributed by atoms with Crippen molar-refractivity contribution in [3.63, 3.8) is 0 Å². The molecule has 2 aromatic rings. The first kappa shape index (κ1) is 25.0. The molecule has 9 nitrogen and oxygen atoms in total. The Morgan fingerprint density at radius 3 is 2.12 bits per heavy atom. The molecule has 0 aliphatic heterocycles. The number of amides is 2. The minimum Gasteiger partial charge on any atom is -0.366 e. The highest BCUT2D eigenvalue weighted by molar-refractivity contribution is 6.04. The van der Waals surface area contributed by atoms with E-state index in [-0.39, 0.29) is 29.9 Å². The number of nitrogens with one attached hydrogen (secondary N) is 3. The molecule has 0 unspecified atom stereocenters. The first-order chi connectivity index (χ1) is 15.6. The van der Waals surface area contributed by atoms with Crippen LogP contribution in [0.25, 0.3) is 0 Å². The highest BCUT2D eigenvalue weighted by Crippen LogP contribution is 2.13. The lowest BCUT2D eigenvalue weighted by Gasteiger charge is -2.11. The van der Waals surface area contributed by atoms with Crippen LogP contribution in [0.5, 0.6) is 0 Å². The maximum Gasteiger partial charge on any atom is 0.405 e. The number of hydrogen-bond donors (Lipinski definition) is 4. The SMILES string of the molecule is C=N/C(=N\C(=NCc1ccc(C(=O)NC)cc1)NCC(F)(F)F)Nc1ccc(C(N)=O)cc1. The van der Waals surface area contributed by atoms with E-state index in [9.17, 15) is 22.8 Å². The van der Waals surface area contributed by atoms with E-state index in [0.29, 0.717) is 16.8 Å². The first-order valence-electron chi connectivity index (χ1n) is 9.49. The molecule has 2 rings (SSSR count). The molecule has 2 aromatic carbocycles. The van der Waals surface area contributed by atoms with Crippen molar-refractivity contribution in [1.82, 2.24) is 10.6 Å². The summed E-state index contributed by atoms with van der Waals surface area (Å²) in [7, 11) is 1.50. The van der Waals surface area contributed by atoms with E-state index in [1.807, 2.05) is 0 Å². The minimum atomic E-state index is -4.49. The standard InChI is InChI=1S/C21H22F3N7O2/c1-26-18(33)15-5-3-13(4-6-15)11-28-20(29-12-21(22,23)24)31-19(27-2)30-16-9-7-14(8-10-16)17(25)32/h3-10H,2,11-12H2,1H3,(H2,25,32)(H,26,33)(H2,28,29,30,31). The molecule has 12 heteroatoms. The van der Waals surface area contributed by atoms with Crippen molar-refractivity contribution in [2.45, 2.75) is 12.7 Å². The fourth-order valence-electron chi connectivity index (χ4n) is 2.43. The number of nitrogens with zero attached hydrogens (tertiary/aromatic N) is 3. The van der Waals surface area contributed by atoms with Gasteiger partial charge in [-0.3, -0.25) is 9.59 Å². The third-order valence-corrected chi connectivity index (χ3v) is 4.09. The fourth-order valence-corrected chi connectivity index (χ4v) is 2.43. The van der Waals surface area contributed by atoms with Gasteiger partial charge in [0.15, 0.2) is 0 Å². The van der Waals surface area contributed by atoms with E-state index in [2.05, 4.69) is 37.6 Å². The third kappa shape index (κ3) is 8.44. The number of carbonyl (C=O) groups is 2. The molecule has 0 saturated heterocycles. The third-order valence-electron chi connectivity index (χ3n) is 4.09. The molecule has 0 aromatic heterocycles. The van der Waals surface area contributed by atoms with Crippen LogP contribution in [0.1, 0.15) is 26.3 Å². The van der Waals surface area contributed by atoms with Gasteiger partial charge in [0, 0.05) is 23.9 Å². The predicted octanol–water partition coefficient (Wildman–Crippen LogP) is 2.32. The zero-order chi connectivity index (χ0) is 24.4. The molecule has 0 radical (unpaired) electrons. The monoisotopic (exact) mass is 461 g/mol. The van der Waals surface area contributed by atoms with Crippen LogP contribution in [0.4, 0.5) is 18.9 Å². The van der Waals surface area contributed by atoms with Crippen LogP contribution in [-0.2, 0) is 6.54 Å². The van der Waals surface area contributed by atoms with Gasteiger partial charge in [0.05, 0.1) is 6.54 Å². The average Bonchev–Trinajstić information content (AvgIpc) is 2.79. The second-order valence-electron chi connectivity index (χ2n) is 6.54. The lowest BCUT2D eigenvalue weighted by Crippen LogP contribution is -2.34. The van der Waals surface area contributed by atoms with Gasteiger partial charge in [-0.05, 0) is 48.7 Å². The van der Waals surface area contributed by atoms with Gasteiger partial charge < -0.3 is 21.7 Å². The second-order valence-corrected chi connectivity index (χ2v) is 6.54. The van der Waals surface area contributed by atoms with E-state index in [1.165, 1.54) is 31.3 Å². The van der Waals surface area contributed by atoms with Crippen LogP contribution in [0.15, 0.2) is 63.5 Å². The molecular formula is C21H22F3N7O2. The Labute approximate surface area is 187 Å². The van der Waals surface area contributed by atoms with Crippen LogP contribution < -0.4 is 21.7 Å². The maximum atomic E-state index is 12.7. The van der Waals surface area contributed by atoms with Gasteiger partial charge >= 0.3 is 6.18 Å². The second kappa shape index (κ2) is 11.4. The van der Waals surface area contributed by atoms with E-state index in [1.54, 1.807) is 24.3 Å². The predicted molar refractivity (Wildman–Crippen MR) is 121 cm³/mol. The Hall–Kier alpha value is -4.22. The topological polar surface area (TPSA) is 133 Å². The Morgan fingerprint density at radius 1 is 1.00 bits per heavy atom. The van der Waals surface area contributed by atoms with Crippen molar-refractivity contribution in [2.75, 3.05) is 18.9 Å². The number of carbonyl (C=O) groups excluding carboxylic acids is 2. The Morgan fingerprint density at radius 2 is 1.61 bits per heavy atom. The number of halogens is 3. The molecule has 0 bridgehead atoms. The van der Waals surface area contributed by atoms with Gasteiger partial charge in [-0.2, -0.15) is 18.2 Å². The van der Waals surface area contributed by atoms with E-state index in [0.717, 1.165) is 0 Å². The first-order valence-corrected chi connectivity index (χ1v) is 9.49. The highest BCUT2D eigenvalue weighted by atomic mass is 19.4. The molecule has 33 heavy (non-hydrogen) atoms. The van der Waals surface area contributed by atoms with Crippen LogP contribution in [0, 0.1) is 0 Å². The normalized spacial score (nSPS) is 12.1. The van der Waals surface area contributed by atoms with Gasteiger partial charge in [-0.15, -0.1) is 0 Å². The molecule has 0 fully saturated rings. The summed E-state index contributed by atoms with van der Waals surface area (Å²) in [5.74, 6) is -1.32. The minimum absolute atomic E-state index is 0.00452. The molecule has 0 saturated carbocycles. The van der Waals surface area contributed by atoms with E-state index in [4.69, 9.17) is 5.73 Å². The number of benzene rings is 2. The molecule has 2 amide bonds. The summed E-state index contributed by atoms with van der Waals surface area (Å²) in [6.07, 6.45) is -4.49. The summed E-state index contributed by atoms with van der Waals surface area (Å²) >= 11 is 0. The molecule has 0 aliphatic carbocycles. The Kier molecular flexibility index (Phi) is 8.66. The number of rotatable bonds is 6. The van der Waals surface area contributed by atoms with Crippen molar-refractivity contribution >= 4 is 36.1 Å². The zero-order valence-electron chi connectivity index (χ0n) is 17.6. The zero-order valence-corrected chi connectivity index (χ0v) is 17.6. The molecule has 174 valence electrons. The lowest BCUT2D eigenvalue weighted by atomic mass is 10.1. The van der Waals surface area contributed by atoms with Crippen molar-refractivity contribution in [3.8, 4) is 0 Å². The number of primary amides is 1. The number of aliphatic imine (C=N–C) groups is 3. The van der Waals surface area contributed by atoms with Crippen molar-refractivity contribution in [2.24, 2.45) is 20.7 Å². The summed E-state index contributed by atoms with van der Waals surface area (Å²) in [5.41, 5.74) is 7.00. The summed E-state index contributed by atoms with van der Waals surface area (Å²) in [6.45, 7) is 1.99. The Balaban J connectivity index is 2.22. The van der Waals surface area contributed by atoms with Gasteiger partial charge in [0.25, 0.3) is 5.91 Å². The molecule has 0 aliphatic rings. The number of hydrogen-bond acceptors (Lipinski definition) is 3. The Bertz CT molecular complexity index is 1050. The van der Waals surface area contributed by atoms with Crippen molar-refractivity contribution in [3.05, 3.63) is 65.2 Å². The van der Waals surface area contributed by atoms with Crippen LogP contribution in [-0.4, -0.2) is 50.2 Å².